The molecule has 0 rings (SSSR count). The van der Waals surface area contributed by atoms with E-state index in [9.17, 15) is 19.8 Å². The number of esters is 1. The van der Waals surface area contributed by atoms with Crippen molar-refractivity contribution in [3.63, 3.8) is 0 Å². The van der Waals surface area contributed by atoms with E-state index in [1.165, 1.54) is 89.9 Å². The molecule has 3 atom stereocenters. The van der Waals surface area contributed by atoms with Crippen LogP contribution in [0.5, 0.6) is 0 Å². The highest BCUT2D eigenvalue weighted by Gasteiger charge is 2.24. The Morgan fingerprint density at radius 3 is 1.60 bits per heavy atom. The van der Waals surface area contributed by atoms with Crippen LogP contribution in [-0.2, 0) is 14.3 Å². The van der Waals surface area contributed by atoms with Crippen LogP contribution in [0.2, 0.25) is 0 Å². The number of allylic oxidation sites excluding steroid dienone is 12. The Kier molecular flexibility index (Phi) is 43.3. The molecule has 6 heteroatoms. The molecule has 58 heavy (non-hydrogen) atoms. The van der Waals surface area contributed by atoms with Crippen molar-refractivity contribution in [1.29, 1.82) is 0 Å². The molecule has 0 aromatic carbocycles. The molecule has 0 fully saturated rings. The van der Waals surface area contributed by atoms with Crippen LogP contribution in [0.3, 0.4) is 0 Å². The highest BCUT2D eigenvalue weighted by Crippen LogP contribution is 2.17. The van der Waals surface area contributed by atoms with E-state index in [4.69, 9.17) is 4.74 Å². The van der Waals surface area contributed by atoms with E-state index in [-0.39, 0.29) is 24.9 Å². The summed E-state index contributed by atoms with van der Waals surface area (Å²) >= 11 is 0. The molecule has 0 saturated heterocycles. The van der Waals surface area contributed by atoms with Crippen LogP contribution in [-0.4, -0.2) is 46.9 Å². The van der Waals surface area contributed by atoms with Crippen LogP contribution in [0.25, 0.3) is 0 Å². The normalized spacial score (nSPS) is 13.9. The number of ether oxygens (including phenoxy) is 1. The van der Waals surface area contributed by atoms with Crippen LogP contribution in [0.1, 0.15) is 220 Å². The highest BCUT2D eigenvalue weighted by atomic mass is 16.5. The summed E-state index contributed by atoms with van der Waals surface area (Å²) < 4.78 is 5.90. The van der Waals surface area contributed by atoms with Gasteiger partial charge in [0.05, 0.1) is 25.2 Å². The molecule has 334 valence electrons. The van der Waals surface area contributed by atoms with E-state index in [2.05, 4.69) is 74.7 Å². The van der Waals surface area contributed by atoms with Crippen LogP contribution >= 0.6 is 0 Å². The summed E-state index contributed by atoms with van der Waals surface area (Å²) in [6.45, 7) is 6.27. The topological polar surface area (TPSA) is 95.9 Å². The first-order chi connectivity index (χ1) is 28.5. The highest BCUT2D eigenvalue weighted by molar-refractivity contribution is 5.77. The van der Waals surface area contributed by atoms with Gasteiger partial charge in [0, 0.05) is 6.42 Å². The van der Waals surface area contributed by atoms with Crippen molar-refractivity contribution in [3.8, 4) is 0 Å². The van der Waals surface area contributed by atoms with E-state index in [0.29, 0.717) is 19.3 Å². The fourth-order valence-electron chi connectivity index (χ4n) is 6.94. The minimum absolute atomic E-state index is 0.0452. The van der Waals surface area contributed by atoms with Gasteiger partial charge in [-0.25, -0.2) is 0 Å². The van der Waals surface area contributed by atoms with Gasteiger partial charge in [-0.1, -0.05) is 203 Å². The third kappa shape index (κ3) is 40.1. The van der Waals surface area contributed by atoms with E-state index < -0.39 is 18.2 Å². The standard InChI is InChI=1S/C52H91NO5/c1-4-7-10-13-16-19-21-23-24-25-26-28-30-33-36-39-42-45-52(57)58-48(43-40-37-34-32-29-27-22-20-17-14-11-8-5-2)46-51(56)53-49(47-54)50(55)44-41-38-35-31-18-15-12-9-6-3/h8,11,14,16-17,19-20,22-24,27,29,48-50,54-55H,4-7,9-10,12-13,15,18,21,25-26,28,30-47H2,1-3H3,(H,53,56)/b11-8+,17-14+,19-16-,22-20+,24-23-,29-27-. The molecule has 0 aromatic heterocycles. The summed E-state index contributed by atoms with van der Waals surface area (Å²) in [5, 5.41) is 23.6. The second-order valence-electron chi connectivity index (χ2n) is 16.2. The number of aliphatic hydroxyl groups excluding tert-OH is 2. The SMILES string of the molecule is CC/C=C/C=C/C=C/C=C\CCCCCC(CC(=O)NC(CO)C(O)CCCCCCCCCCC)OC(=O)CCCCCCCCC/C=C\C/C=C\CCCCC. The quantitative estimate of drug-likeness (QED) is 0.0247. The van der Waals surface area contributed by atoms with Crippen molar-refractivity contribution in [1.82, 2.24) is 5.32 Å². The molecule has 0 aliphatic carbocycles. The molecule has 0 heterocycles. The van der Waals surface area contributed by atoms with Crippen LogP contribution in [0, 0.1) is 0 Å². The number of hydrogen-bond acceptors (Lipinski definition) is 5. The molecule has 0 bridgehead atoms. The lowest BCUT2D eigenvalue weighted by molar-refractivity contribution is -0.151. The number of aliphatic hydroxyl groups is 2. The Bertz CT molecular complexity index is 1090. The monoisotopic (exact) mass is 810 g/mol. The molecule has 0 spiro atoms. The molecular formula is C52H91NO5. The number of unbranched alkanes of at least 4 members (excludes halogenated alkanes) is 21. The van der Waals surface area contributed by atoms with Crippen molar-refractivity contribution < 1.29 is 24.5 Å². The Morgan fingerprint density at radius 2 is 1.00 bits per heavy atom. The Labute approximate surface area is 358 Å². The predicted molar refractivity (Wildman–Crippen MR) is 250 cm³/mol. The van der Waals surface area contributed by atoms with E-state index in [1.807, 2.05) is 24.3 Å². The van der Waals surface area contributed by atoms with Gasteiger partial charge in [0.2, 0.25) is 5.91 Å². The molecule has 6 nitrogen and oxygen atoms in total. The van der Waals surface area contributed by atoms with E-state index in [1.54, 1.807) is 0 Å². The smallest absolute Gasteiger partial charge is 0.306 e. The number of hydrogen-bond donors (Lipinski definition) is 3. The second kappa shape index (κ2) is 45.4. The fraction of sp³-hybridized carbons (Fsp3) is 0.731. The lowest BCUT2D eigenvalue weighted by atomic mass is 10.0. The van der Waals surface area contributed by atoms with Gasteiger partial charge < -0.3 is 20.3 Å². The Hall–Kier alpha value is -2.70. The minimum atomic E-state index is -0.800. The van der Waals surface area contributed by atoms with Gasteiger partial charge in [0.25, 0.3) is 0 Å². The summed E-state index contributed by atoms with van der Waals surface area (Å²) in [7, 11) is 0. The van der Waals surface area contributed by atoms with Crippen LogP contribution in [0.4, 0.5) is 0 Å². The minimum Gasteiger partial charge on any atom is -0.462 e. The Morgan fingerprint density at radius 1 is 0.534 bits per heavy atom. The summed E-state index contributed by atoms with van der Waals surface area (Å²) in [6, 6.07) is -0.717. The average molecular weight is 810 g/mol. The van der Waals surface area contributed by atoms with Gasteiger partial charge in [-0.2, -0.15) is 0 Å². The lowest BCUT2D eigenvalue weighted by Gasteiger charge is -2.24. The number of nitrogens with one attached hydrogen (secondary N) is 1. The number of amides is 1. The average Bonchev–Trinajstić information content (AvgIpc) is 3.22. The van der Waals surface area contributed by atoms with Crippen molar-refractivity contribution in [2.75, 3.05) is 6.61 Å². The van der Waals surface area contributed by atoms with Crippen molar-refractivity contribution in [2.45, 2.75) is 238 Å². The summed E-state index contributed by atoms with van der Waals surface area (Å²) in [5.74, 6) is -0.527. The largest absolute Gasteiger partial charge is 0.462 e. The zero-order valence-electron chi connectivity index (χ0n) is 37.9. The molecule has 0 aliphatic rings. The maximum atomic E-state index is 13.1. The molecule has 0 radical (unpaired) electrons. The first-order valence-corrected chi connectivity index (χ1v) is 24.2. The third-order valence-electron chi connectivity index (χ3n) is 10.6. The van der Waals surface area contributed by atoms with E-state index >= 15 is 0 Å². The number of carbonyl (C=O) groups is 2. The molecule has 0 aliphatic heterocycles. The summed E-state index contributed by atoms with van der Waals surface area (Å²) in [4.78, 5) is 26.0. The van der Waals surface area contributed by atoms with Gasteiger partial charge in [0.15, 0.2) is 0 Å². The first-order valence-electron chi connectivity index (χ1n) is 24.2. The van der Waals surface area contributed by atoms with Gasteiger partial charge in [-0.3, -0.25) is 9.59 Å². The van der Waals surface area contributed by atoms with Crippen LogP contribution in [0.15, 0.2) is 72.9 Å². The van der Waals surface area contributed by atoms with Gasteiger partial charge in [-0.15, -0.1) is 0 Å². The molecule has 0 saturated carbocycles. The zero-order chi connectivity index (χ0) is 42.4. The van der Waals surface area contributed by atoms with Gasteiger partial charge in [0.1, 0.15) is 6.10 Å². The summed E-state index contributed by atoms with van der Waals surface area (Å²) in [6.07, 6.45) is 56.8. The van der Waals surface area contributed by atoms with Crippen molar-refractivity contribution in [2.24, 2.45) is 0 Å². The molecule has 3 unspecified atom stereocenters. The molecule has 1 amide bonds. The number of rotatable bonds is 42. The van der Waals surface area contributed by atoms with E-state index in [0.717, 1.165) is 83.5 Å². The molecular weight excluding hydrogens is 719 g/mol. The van der Waals surface area contributed by atoms with Crippen LogP contribution < -0.4 is 5.32 Å². The maximum absolute atomic E-state index is 13.1. The molecule has 0 aromatic rings. The third-order valence-corrected chi connectivity index (χ3v) is 10.6. The fourth-order valence-corrected chi connectivity index (χ4v) is 6.94. The first kappa shape index (κ1) is 55.3. The molecule has 3 N–H and O–H groups in total. The zero-order valence-corrected chi connectivity index (χ0v) is 37.9. The lowest BCUT2D eigenvalue weighted by Crippen LogP contribution is -2.46. The maximum Gasteiger partial charge on any atom is 0.306 e. The van der Waals surface area contributed by atoms with Crippen molar-refractivity contribution in [3.05, 3.63) is 72.9 Å². The Balaban J connectivity index is 4.64. The van der Waals surface area contributed by atoms with Gasteiger partial charge in [-0.05, 0) is 77.0 Å². The van der Waals surface area contributed by atoms with Crippen molar-refractivity contribution >= 4 is 11.9 Å². The summed E-state index contributed by atoms with van der Waals surface area (Å²) in [5.41, 5.74) is 0. The number of carbonyl (C=O) groups excluding carboxylic acids is 2. The van der Waals surface area contributed by atoms with Gasteiger partial charge >= 0.3 is 5.97 Å². The second-order valence-corrected chi connectivity index (χ2v) is 16.2. The predicted octanol–water partition coefficient (Wildman–Crippen LogP) is 14.2.